The molecule has 0 aliphatic rings. The molecule has 0 N–H and O–H groups in total. The van der Waals surface area contributed by atoms with Gasteiger partial charge in [-0.15, -0.1) is 0 Å². The van der Waals surface area contributed by atoms with E-state index in [1.54, 1.807) is 0 Å². The van der Waals surface area contributed by atoms with E-state index in [1.807, 2.05) is 12.1 Å². The predicted octanol–water partition coefficient (Wildman–Crippen LogP) is 12.3. The second-order valence-electron chi connectivity index (χ2n) is 11.6. The van der Waals surface area contributed by atoms with Crippen molar-refractivity contribution in [2.75, 3.05) is 0 Å². The van der Waals surface area contributed by atoms with E-state index in [0.29, 0.717) is 0 Å². The lowest BCUT2D eigenvalue weighted by Gasteiger charge is -2.19. The maximum Gasteiger partial charge on any atom is 0.136 e. The molecule has 8 aromatic carbocycles. The molecule has 10 rings (SSSR count). The number of furan rings is 2. The zero-order valence-electron chi connectivity index (χ0n) is 23.7. The first-order valence-corrected chi connectivity index (χ1v) is 15.0. The fourth-order valence-corrected chi connectivity index (χ4v) is 7.47. The van der Waals surface area contributed by atoms with Crippen molar-refractivity contribution in [3.63, 3.8) is 0 Å². The summed E-state index contributed by atoms with van der Waals surface area (Å²) in [5, 5.41) is 11.8. The van der Waals surface area contributed by atoms with Crippen LogP contribution >= 0.6 is 0 Å². The van der Waals surface area contributed by atoms with Crippen LogP contribution in [0.3, 0.4) is 0 Å². The van der Waals surface area contributed by atoms with Crippen molar-refractivity contribution in [2.24, 2.45) is 0 Å². The van der Waals surface area contributed by atoms with Crippen LogP contribution in [0, 0.1) is 0 Å². The van der Waals surface area contributed by atoms with E-state index in [-0.39, 0.29) is 0 Å². The maximum atomic E-state index is 6.65. The van der Waals surface area contributed by atoms with Crippen LogP contribution in [-0.4, -0.2) is 0 Å². The minimum atomic E-state index is 0.881. The van der Waals surface area contributed by atoms with E-state index in [2.05, 4.69) is 133 Å². The van der Waals surface area contributed by atoms with Crippen LogP contribution in [0.2, 0.25) is 0 Å². The summed E-state index contributed by atoms with van der Waals surface area (Å²) < 4.78 is 13.1. The Bertz CT molecular complexity index is 2680. The van der Waals surface area contributed by atoms with Gasteiger partial charge in [-0.05, 0) is 79.5 Å². The van der Waals surface area contributed by atoms with Crippen LogP contribution in [-0.2, 0) is 0 Å². The number of fused-ring (bicyclic) bond motifs is 11. The topological polar surface area (TPSA) is 26.3 Å². The predicted molar refractivity (Wildman–Crippen MR) is 184 cm³/mol. The van der Waals surface area contributed by atoms with Crippen LogP contribution in [0.4, 0.5) is 0 Å². The van der Waals surface area contributed by atoms with E-state index >= 15 is 0 Å². The summed E-state index contributed by atoms with van der Waals surface area (Å²) in [4.78, 5) is 0. The molecule has 0 saturated carbocycles. The molecule has 0 bridgehead atoms. The third kappa shape index (κ3) is 3.14. The van der Waals surface area contributed by atoms with Crippen molar-refractivity contribution >= 4 is 76.2 Å². The molecule has 44 heavy (non-hydrogen) atoms. The number of hydrogen-bond acceptors (Lipinski definition) is 2. The summed E-state index contributed by atoms with van der Waals surface area (Å²) in [6, 6.07) is 51.8. The molecule has 2 aromatic heterocycles. The maximum absolute atomic E-state index is 6.65. The van der Waals surface area contributed by atoms with Gasteiger partial charge in [0.05, 0.1) is 0 Å². The highest BCUT2D eigenvalue weighted by Gasteiger charge is 2.23. The van der Waals surface area contributed by atoms with Gasteiger partial charge in [-0.25, -0.2) is 0 Å². The lowest BCUT2D eigenvalue weighted by molar-refractivity contribution is 0.669. The highest BCUT2D eigenvalue weighted by Crippen LogP contribution is 2.49. The summed E-state index contributed by atoms with van der Waals surface area (Å²) in [5.74, 6) is 0. The third-order valence-corrected chi connectivity index (χ3v) is 9.25. The van der Waals surface area contributed by atoms with Crippen molar-refractivity contribution in [3.05, 3.63) is 146 Å². The Balaban J connectivity index is 1.47. The van der Waals surface area contributed by atoms with E-state index in [1.165, 1.54) is 49.0 Å². The quantitative estimate of drug-likeness (QED) is 0.197. The average molecular weight is 561 g/mol. The molecular weight excluding hydrogens is 536 g/mol. The third-order valence-electron chi connectivity index (χ3n) is 9.25. The largest absolute Gasteiger partial charge is 0.456 e. The van der Waals surface area contributed by atoms with Crippen molar-refractivity contribution in [1.29, 1.82) is 0 Å². The van der Waals surface area contributed by atoms with Gasteiger partial charge in [-0.3, -0.25) is 0 Å². The Hall–Kier alpha value is -5.86. The summed E-state index contributed by atoms with van der Waals surface area (Å²) in [6.07, 6.45) is 0. The first-order valence-electron chi connectivity index (χ1n) is 15.0. The van der Waals surface area contributed by atoms with E-state index in [0.717, 1.165) is 49.4 Å². The highest BCUT2D eigenvalue weighted by molar-refractivity contribution is 6.35. The summed E-state index contributed by atoms with van der Waals surface area (Å²) in [7, 11) is 0. The summed E-state index contributed by atoms with van der Waals surface area (Å²) >= 11 is 0. The number of benzene rings is 8. The molecule has 0 spiro atoms. The average Bonchev–Trinajstić information content (AvgIpc) is 3.65. The Labute approximate surface area is 252 Å². The number of hydrogen-bond donors (Lipinski definition) is 0. The molecule has 0 aliphatic carbocycles. The van der Waals surface area contributed by atoms with Crippen LogP contribution in [0.1, 0.15) is 0 Å². The number of rotatable bonds is 2. The molecule has 2 heteroatoms. The first-order chi connectivity index (χ1) is 21.8. The van der Waals surface area contributed by atoms with Gasteiger partial charge in [-0.2, -0.15) is 0 Å². The van der Waals surface area contributed by atoms with Gasteiger partial charge in [0.1, 0.15) is 22.3 Å². The molecule has 10 aromatic rings. The fraction of sp³-hybridized carbons (Fsp3) is 0. The zero-order valence-corrected chi connectivity index (χ0v) is 23.7. The van der Waals surface area contributed by atoms with Crippen LogP contribution < -0.4 is 0 Å². The molecule has 0 amide bonds. The van der Waals surface area contributed by atoms with Gasteiger partial charge < -0.3 is 8.83 Å². The van der Waals surface area contributed by atoms with Crippen molar-refractivity contribution in [3.8, 4) is 22.3 Å². The van der Waals surface area contributed by atoms with Gasteiger partial charge >= 0.3 is 0 Å². The number of para-hydroxylation sites is 2. The molecule has 0 atom stereocenters. The van der Waals surface area contributed by atoms with Gasteiger partial charge in [0.15, 0.2) is 0 Å². The monoisotopic (exact) mass is 560 g/mol. The van der Waals surface area contributed by atoms with Gasteiger partial charge in [0, 0.05) is 26.9 Å². The minimum Gasteiger partial charge on any atom is -0.456 e. The standard InChI is InChI=1S/C42H24O2/c1-2-12-25(13-3-1)38-26-14-4-6-16-28(26)39(29-17-7-5-15-27(29)38)33-24-37-41(32-19-9-11-21-35(32)44-37)42-30(33)22-23-36-40(42)31-18-8-10-20-34(31)43-36/h1-24H. The van der Waals surface area contributed by atoms with Crippen LogP contribution in [0.25, 0.3) is 98.4 Å². The van der Waals surface area contributed by atoms with E-state index in [9.17, 15) is 0 Å². The molecule has 2 nitrogen and oxygen atoms in total. The van der Waals surface area contributed by atoms with E-state index < -0.39 is 0 Å². The molecule has 0 radical (unpaired) electrons. The van der Waals surface area contributed by atoms with Crippen molar-refractivity contribution < 1.29 is 8.83 Å². The molecule has 0 unspecified atom stereocenters. The molecular formula is C42H24O2. The second-order valence-corrected chi connectivity index (χ2v) is 11.6. The zero-order chi connectivity index (χ0) is 28.8. The summed E-state index contributed by atoms with van der Waals surface area (Å²) in [6.45, 7) is 0. The van der Waals surface area contributed by atoms with Gasteiger partial charge in [0.2, 0.25) is 0 Å². The Morgan fingerprint density at radius 1 is 0.295 bits per heavy atom. The van der Waals surface area contributed by atoms with E-state index in [4.69, 9.17) is 8.83 Å². The minimum absolute atomic E-state index is 0.881. The highest BCUT2D eigenvalue weighted by atomic mass is 16.3. The van der Waals surface area contributed by atoms with Gasteiger partial charge in [-0.1, -0.05) is 115 Å². The fourth-order valence-electron chi connectivity index (χ4n) is 7.47. The molecule has 2 heterocycles. The Kier molecular flexibility index (Phi) is 4.75. The van der Waals surface area contributed by atoms with Gasteiger partial charge in [0.25, 0.3) is 0 Å². The lowest BCUT2D eigenvalue weighted by Crippen LogP contribution is -1.92. The Morgan fingerprint density at radius 2 is 0.773 bits per heavy atom. The lowest BCUT2D eigenvalue weighted by atomic mass is 9.84. The van der Waals surface area contributed by atoms with Crippen LogP contribution in [0.15, 0.2) is 154 Å². The molecule has 0 fully saturated rings. The SMILES string of the molecule is c1ccc(-c2c3ccccc3c(-c3cc4oc5ccccc5c4c4c3ccc3oc5ccccc5c34)c3ccccc23)cc1. The summed E-state index contributed by atoms with van der Waals surface area (Å²) in [5.41, 5.74) is 8.40. The van der Waals surface area contributed by atoms with Crippen molar-refractivity contribution in [1.82, 2.24) is 0 Å². The smallest absolute Gasteiger partial charge is 0.136 e. The van der Waals surface area contributed by atoms with Crippen LogP contribution in [0.5, 0.6) is 0 Å². The first kappa shape index (κ1) is 23.7. The molecule has 0 saturated heterocycles. The normalized spacial score (nSPS) is 12.1. The Morgan fingerprint density at radius 3 is 1.39 bits per heavy atom. The molecule has 0 aliphatic heterocycles. The second kappa shape index (κ2) is 8.82. The molecule has 204 valence electrons. The van der Waals surface area contributed by atoms with Crippen molar-refractivity contribution in [2.45, 2.75) is 0 Å².